The number of hydrogen-bond donors (Lipinski definition) is 4. The van der Waals surface area contributed by atoms with E-state index in [9.17, 15) is 4.79 Å². The molecule has 5 heterocycles. The van der Waals surface area contributed by atoms with Crippen LogP contribution in [0.4, 0.5) is 17.6 Å². The Morgan fingerprint density at radius 1 is 1.16 bits per heavy atom. The number of ether oxygens (including phenoxy) is 1. The highest BCUT2D eigenvalue weighted by atomic mass is 32.1. The van der Waals surface area contributed by atoms with Crippen molar-refractivity contribution in [2.75, 3.05) is 24.3 Å². The first-order valence-electron chi connectivity index (χ1n) is 13.0. The van der Waals surface area contributed by atoms with E-state index in [-0.39, 0.29) is 24.0 Å². The van der Waals surface area contributed by atoms with E-state index < -0.39 is 0 Å². The summed E-state index contributed by atoms with van der Waals surface area (Å²) < 4.78 is 5.21. The van der Waals surface area contributed by atoms with Crippen molar-refractivity contribution in [3.63, 3.8) is 0 Å². The first-order chi connectivity index (χ1) is 18.6. The second-order valence-corrected chi connectivity index (χ2v) is 10.9. The molecule has 10 nitrogen and oxygen atoms in total. The molecule has 2 aliphatic rings. The zero-order chi connectivity index (χ0) is 26.1. The number of nitrogens with zero attached hydrogens (tertiary/aromatic N) is 4. The molecule has 2 aliphatic heterocycles. The Morgan fingerprint density at radius 2 is 1.95 bits per heavy atom. The molecule has 6 rings (SSSR count). The number of benzene rings is 1. The van der Waals surface area contributed by atoms with Crippen molar-refractivity contribution in [2.24, 2.45) is 0 Å². The topological polar surface area (TPSA) is 120 Å². The normalized spacial score (nSPS) is 20.6. The van der Waals surface area contributed by atoms with Crippen LogP contribution >= 0.6 is 11.3 Å². The van der Waals surface area contributed by atoms with E-state index in [2.05, 4.69) is 31.0 Å². The standard InChI is InChI=1S/C27H32N8O2S/c1-16-11-23(34-33-16)30-25-22-9-10-38-26(22)32-27(31-25)29-18-12-19-5-6-20(13-18)35(19)24(36)15-28-14-17-3-7-21(37-2)8-4-17/h3-4,7-11,18-20,28H,5-6,12-15H2,1-2H3,(H3,29,30,31,32,33,34). The van der Waals surface area contributed by atoms with Crippen LogP contribution in [0.5, 0.6) is 5.75 Å². The molecule has 198 valence electrons. The predicted octanol–water partition coefficient (Wildman–Crippen LogP) is 4.20. The van der Waals surface area contributed by atoms with Crippen LogP contribution in [0.3, 0.4) is 0 Å². The minimum absolute atomic E-state index is 0.182. The van der Waals surface area contributed by atoms with Crippen molar-refractivity contribution in [1.29, 1.82) is 0 Å². The summed E-state index contributed by atoms with van der Waals surface area (Å²) >= 11 is 1.59. The van der Waals surface area contributed by atoms with Crippen LogP contribution in [-0.2, 0) is 11.3 Å². The van der Waals surface area contributed by atoms with Gasteiger partial charge < -0.3 is 25.6 Å². The molecule has 0 saturated carbocycles. The minimum atomic E-state index is 0.182. The maximum Gasteiger partial charge on any atom is 0.237 e. The molecule has 4 N–H and O–H groups in total. The fourth-order valence-corrected chi connectivity index (χ4v) is 6.42. The molecule has 2 bridgehead atoms. The van der Waals surface area contributed by atoms with Crippen LogP contribution < -0.4 is 20.7 Å². The SMILES string of the molecule is COc1ccc(CNCC(=O)N2C3CCC2CC(Nc2nc(Nc4cc(C)[nH]n4)c4ccsc4n2)C3)cc1. The number of aromatic nitrogens is 4. The molecule has 3 aromatic heterocycles. The number of methoxy groups -OCH3 is 1. The number of nitrogens with one attached hydrogen (secondary N) is 4. The van der Waals surface area contributed by atoms with Gasteiger partial charge >= 0.3 is 0 Å². The van der Waals surface area contributed by atoms with Crippen molar-refractivity contribution >= 4 is 45.0 Å². The molecule has 2 saturated heterocycles. The van der Waals surface area contributed by atoms with E-state index in [0.717, 1.165) is 64.5 Å². The van der Waals surface area contributed by atoms with Gasteiger partial charge in [-0.3, -0.25) is 9.89 Å². The molecule has 2 atom stereocenters. The number of aromatic amines is 1. The lowest BCUT2D eigenvalue weighted by molar-refractivity contribution is -0.134. The quantitative estimate of drug-likeness (QED) is 0.253. The maximum absolute atomic E-state index is 13.1. The number of thiophene rings is 1. The lowest BCUT2D eigenvalue weighted by atomic mass is 9.97. The third-order valence-electron chi connectivity index (χ3n) is 7.40. The number of piperidine rings is 1. The van der Waals surface area contributed by atoms with Crippen LogP contribution in [-0.4, -0.2) is 62.8 Å². The molecule has 0 aliphatic carbocycles. The molecule has 0 radical (unpaired) electrons. The maximum atomic E-state index is 13.1. The first kappa shape index (κ1) is 24.6. The lowest BCUT2D eigenvalue weighted by Crippen LogP contribution is -2.52. The van der Waals surface area contributed by atoms with Gasteiger partial charge in [-0.05, 0) is 61.7 Å². The largest absolute Gasteiger partial charge is 0.497 e. The monoisotopic (exact) mass is 532 g/mol. The molecule has 1 aromatic carbocycles. The Balaban J connectivity index is 1.07. The average molecular weight is 533 g/mol. The van der Waals surface area contributed by atoms with Crippen LogP contribution in [0.25, 0.3) is 10.2 Å². The molecule has 11 heteroatoms. The third-order valence-corrected chi connectivity index (χ3v) is 8.20. The highest BCUT2D eigenvalue weighted by Crippen LogP contribution is 2.37. The van der Waals surface area contributed by atoms with Crippen molar-refractivity contribution in [3.8, 4) is 5.75 Å². The summed E-state index contributed by atoms with van der Waals surface area (Å²) in [5, 5.41) is 20.5. The van der Waals surface area contributed by atoms with Crippen molar-refractivity contribution in [3.05, 3.63) is 53.0 Å². The minimum Gasteiger partial charge on any atom is -0.497 e. The molecule has 4 aromatic rings. The second-order valence-electron chi connectivity index (χ2n) is 10.0. The summed E-state index contributed by atoms with van der Waals surface area (Å²) in [6, 6.07) is 12.6. The average Bonchev–Trinajstić information content (AvgIpc) is 3.62. The lowest BCUT2D eigenvalue weighted by Gasteiger charge is -2.39. The number of carbonyl (C=O) groups is 1. The van der Waals surface area contributed by atoms with Crippen molar-refractivity contribution in [2.45, 2.75) is 57.3 Å². The van der Waals surface area contributed by atoms with E-state index in [0.29, 0.717) is 19.0 Å². The van der Waals surface area contributed by atoms with Gasteiger partial charge in [-0.15, -0.1) is 11.3 Å². The highest BCUT2D eigenvalue weighted by molar-refractivity contribution is 7.16. The van der Waals surface area contributed by atoms with Crippen LogP contribution in [0, 0.1) is 6.92 Å². The summed E-state index contributed by atoms with van der Waals surface area (Å²) in [6.07, 6.45) is 3.88. The van der Waals surface area contributed by atoms with Crippen molar-refractivity contribution in [1.82, 2.24) is 30.4 Å². The molecule has 2 unspecified atom stereocenters. The Bertz CT molecular complexity index is 1400. The molecular formula is C27H32N8O2S. The highest BCUT2D eigenvalue weighted by Gasteiger charge is 2.43. The van der Waals surface area contributed by atoms with Gasteiger partial charge in [0.05, 0.1) is 19.0 Å². The van der Waals surface area contributed by atoms with Crippen molar-refractivity contribution < 1.29 is 9.53 Å². The number of rotatable bonds is 9. The van der Waals surface area contributed by atoms with E-state index in [4.69, 9.17) is 14.7 Å². The molecule has 1 amide bonds. The number of carbonyl (C=O) groups excluding carboxylic acids is 1. The Hall–Kier alpha value is -3.70. The fraction of sp³-hybridized carbons (Fsp3) is 0.407. The predicted molar refractivity (Wildman–Crippen MR) is 149 cm³/mol. The first-order valence-corrected chi connectivity index (χ1v) is 13.9. The van der Waals surface area contributed by atoms with E-state index in [1.807, 2.05) is 48.7 Å². The number of amides is 1. The Kier molecular flexibility index (Phi) is 6.86. The fourth-order valence-electron chi connectivity index (χ4n) is 5.65. The zero-order valence-electron chi connectivity index (χ0n) is 21.5. The van der Waals surface area contributed by atoms with Gasteiger partial charge in [0.2, 0.25) is 11.9 Å². The summed E-state index contributed by atoms with van der Waals surface area (Å²) in [5.74, 6) is 3.09. The molecule has 38 heavy (non-hydrogen) atoms. The van der Waals surface area contributed by atoms with Gasteiger partial charge in [-0.2, -0.15) is 10.1 Å². The van der Waals surface area contributed by atoms with Gasteiger partial charge in [-0.1, -0.05) is 12.1 Å². The van der Waals surface area contributed by atoms with Gasteiger partial charge in [0.25, 0.3) is 0 Å². The van der Waals surface area contributed by atoms with Crippen LogP contribution in [0.2, 0.25) is 0 Å². The van der Waals surface area contributed by atoms with Gasteiger partial charge in [0.1, 0.15) is 16.4 Å². The van der Waals surface area contributed by atoms with E-state index in [1.54, 1.807) is 18.4 Å². The molecule has 2 fully saturated rings. The summed E-state index contributed by atoms with van der Waals surface area (Å²) in [7, 11) is 1.66. The smallest absolute Gasteiger partial charge is 0.237 e. The summed E-state index contributed by atoms with van der Waals surface area (Å²) in [5.41, 5.74) is 2.11. The number of fused-ring (bicyclic) bond motifs is 3. The van der Waals surface area contributed by atoms with Gasteiger partial charge in [0, 0.05) is 36.4 Å². The zero-order valence-corrected chi connectivity index (χ0v) is 22.3. The second kappa shape index (κ2) is 10.6. The van der Waals surface area contributed by atoms with Gasteiger partial charge in [0.15, 0.2) is 5.82 Å². The molecular weight excluding hydrogens is 500 g/mol. The van der Waals surface area contributed by atoms with E-state index >= 15 is 0 Å². The van der Waals surface area contributed by atoms with E-state index in [1.165, 1.54) is 0 Å². The molecule has 0 spiro atoms. The summed E-state index contributed by atoms with van der Waals surface area (Å²) in [4.78, 5) is 25.8. The third kappa shape index (κ3) is 5.16. The number of hydrogen-bond acceptors (Lipinski definition) is 9. The van der Waals surface area contributed by atoms with Gasteiger partial charge in [-0.25, -0.2) is 4.98 Å². The Labute approximate surface area is 225 Å². The van der Waals surface area contributed by atoms with Crippen LogP contribution in [0.1, 0.15) is 36.9 Å². The Morgan fingerprint density at radius 3 is 2.66 bits per heavy atom. The number of H-pyrrole nitrogens is 1. The number of anilines is 3. The van der Waals surface area contributed by atoms with Crippen LogP contribution in [0.15, 0.2) is 41.8 Å². The summed E-state index contributed by atoms with van der Waals surface area (Å²) in [6.45, 7) is 2.96. The number of aryl methyl sites for hydroxylation is 1.